The number of carbonyl (C=O) groups is 1. The fraction of sp³-hybridized carbons (Fsp3) is 0.294. The van der Waals surface area contributed by atoms with E-state index in [1.54, 1.807) is 18.0 Å². The maximum Gasteiger partial charge on any atom is 0.228 e. The monoisotopic (exact) mass is 392 g/mol. The number of hydrogen-bond donors (Lipinski definition) is 0. The molecule has 120 valence electrons. The van der Waals surface area contributed by atoms with Crippen LogP contribution in [0.5, 0.6) is 5.88 Å². The van der Waals surface area contributed by atoms with Gasteiger partial charge in [0.2, 0.25) is 11.8 Å². The Balaban J connectivity index is 1.37. The normalized spacial score (nSPS) is 14.4. The molecule has 0 N–H and O–H groups in total. The molecule has 4 nitrogen and oxygen atoms in total. The maximum atomic E-state index is 12.1. The van der Waals surface area contributed by atoms with E-state index < -0.39 is 0 Å². The molecule has 1 fully saturated rings. The summed E-state index contributed by atoms with van der Waals surface area (Å²) in [5, 5.41) is 0. The summed E-state index contributed by atoms with van der Waals surface area (Å²) < 4.78 is 6.62. The SMILES string of the molecule is O=C(CCSc1ccccc1)N1CC(Oc2ncccc2Br)C1. The molecule has 1 aliphatic heterocycles. The molecule has 3 rings (SSSR count). The molecule has 1 aromatic heterocycles. The fourth-order valence-corrected chi connectivity index (χ4v) is 3.47. The van der Waals surface area contributed by atoms with E-state index in [0.29, 0.717) is 25.4 Å². The van der Waals surface area contributed by atoms with Gasteiger partial charge in [-0.25, -0.2) is 4.98 Å². The third-order valence-electron chi connectivity index (χ3n) is 3.53. The van der Waals surface area contributed by atoms with Gasteiger partial charge in [-0.3, -0.25) is 4.79 Å². The molecular weight excluding hydrogens is 376 g/mol. The standard InChI is InChI=1S/C17H17BrN2O2S/c18-15-7-4-9-19-17(15)22-13-11-20(12-13)16(21)8-10-23-14-5-2-1-3-6-14/h1-7,9,13H,8,10-12H2. The van der Waals surface area contributed by atoms with Crippen molar-refractivity contribution >= 4 is 33.6 Å². The molecule has 0 saturated carbocycles. The number of carbonyl (C=O) groups excluding carboxylic acids is 1. The number of hydrogen-bond acceptors (Lipinski definition) is 4. The molecule has 0 atom stereocenters. The Labute approximate surface area is 148 Å². The molecule has 1 amide bonds. The lowest BCUT2D eigenvalue weighted by Crippen LogP contribution is -2.56. The van der Waals surface area contributed by atoms with Gasteiger partial charge in [-0.1, -0.05) is 18.2 Å². The molecule has 0 bridgehead atoms. The van der Waals surface area contributed by atoms with Crippen molar-refractivity contribution in [1.82, 2.24) is 9.88 Å². The Hall–Kier alpha value is -1.53. The van der Waals surface area contributed by atoms with Crippen molar-refractivity contribution in [2.24, 2.45) is 0 Å². The van der Waals surface area contributed by atoms with Crippen LogP contribution in [0.2, 0.25) is 0 Å². The number of amides is 1. The highest BCUT2D eigenvalue weighted by Crippen LogP contribution is 2.25. The van der Waals surface area contributed by atoms with Crippen molar-refractivity contribution in [3.8, 4) is 5.88 Å². The molecule has 1 aromatic carbocycles. The second kappa shape index (κ2) is 7.84. The van der Waals surface area contributed by atoms with E-state index in [-0.39, 0.29) is 12.0 Å². The lowest BCUT2D eigenvalue weighted by molar-refractivity contribution is -0.139. The van der Waals surface area contributed by atoms with E-state index in [4.69, 9.17) is 4.74 Å². The van der Waals surface area contributed by atoms with Crippen LogP contribution in [-0.4, -0.2) is 40.7 Å². The van der Waals surface area contributed by atoms with Gasteiger partial charge in [0.05, 0.1) is 17.6 Å². The van der Waals surface area contributed by atoms with Crippen molar-refractivity contribution < 1.29 is 9.53 Å². The van der Waals surface area contributed by atoms with Gasteiger partial charge in [0, 0.05) is 23.3 Å². The minimum atomic E-state index is 0.0342. The van der Waals surface area contributed by atoms with Gasteiger partial charge in [0.1, 0.15) is 6.10 Å². The number of pyridine rings is 1. The summed E-state index contributed by atoms with van der Waals surface area (Å²) in [4.78, 5) is 19.3. The first-order valence-corrected chi connectivity index (χ1v) is 9.23. The molecular formula is C17H17BrN2O2S. The van der Waals surface area contributed by atoms with Crippen LogP contribution >= 0.6 is 27.7 Å². The third-order valence-corrected chi connectivity index (χ3v) is 5.15. The average Bonchev–Trinajstić information content (AvgIpc) is 2.53. The van der Waals surface area contributed by atoms with E-state index in [1.165, 1.54) is 4.90 Å². The van der Waals surface area contributed by atoms with E-state index in [2.05, 4.69) is 33.0 Å². The van der Waals surface area contributed by atoms with Crippen molar-refractivity contribution in [1.29, 1.82) is 0 Å². The Morgan fingerprint density at radius 1 is 1.26 bits per heavy atom. The van der Waals surface area contributed by atoms with Crippen molar-refractivity contribution in [2.45, 2.75) is 17.4 Å². The van der Waals surface area contributed by atoms with Crippen LogP contribution in [0.1, 0.15) is 6.42 Å². The average molecular weight is 393 g/mol. The highest BCUT2D eigenvalue weighted by Gasteiger charge is 2.32. The molecule has 0 unspecified atom stereocenters. The summed E-state index contributed by atoms with van der Waals surface area (Å²) in [5.41, 5.74) is 0. The van der Waals surface area contributed by atoms with E-state index in [1.807, 2.05) is 35.2 Å². The Morgan fingerprint density at radius 3 is 2.78 bits per heavy atom. The Bertz CT molecular complexity index is 663. The fourth-order valence-electron chi connectivity index (χ4n) is 2.26. The molecule has 1 aliphatic rings. The van der Waals surface area contributed by atoms with Crippen LogP contribution in [0.25, 0.3) is 0 Å². The van der Waals surface area contributed by atoms with Crippen molar-refractivity contribution in [2.75, 3.05) is 18.8 Å². The Morgan fingerprint density at radius 2 is 2.04 bits per heavy atom. The third kappa shape index (κ3) is 4.48. The van der Waals surface area contributed by atoms with Gasteiger partial charge in [-0.15, -0.1) is 11.8 Å². The predicted molar refractivity (Wildman–Crippen MR) is 94.7 cm³/mol. The van der Waals surface area contributed by atoms with Gasteiger partial charge >= 0.3 is 0 Å². The van der Waals surface area contributed by atoms with E-state index in [0.717, 1.165) is 10.2 Å². The molecule has 0 radical (unpaired) electrons. The topological polar surface area (TPSA) is 42.4 Å². The number of ether oxygens (including phenoxy) is 1. The second-order valence-electron chi connectivity index (χ2n) is 5.24. The number of rotatable bonds is 6. The Kier molecular flexibility index (Phi) is 5.56. The minimum Gasteiger partial charge on any atom is -0.470 e. The molecule has 23 heavy (non-hydrogen) atoms. The zero-order valence-corrected chi connectivity index (χ0v) is 14.9. The highest BCUT2D eigenvalue weighted by atomic mass is 79.9. The quantitative estimate of drug-likeness (QED) is 0.704. The number of benzene rings is 1. The number of nitrogens with zero attached hydrogens (tertiary/aromatic N) is 2. The van der Waals surface area contributed by atoms with Crippen LogP contribution in [0.4, 0.5) is 0 Å². The van der Waals surface area contributed by atoms with Crippen LogP contribution < -0.4 is 4.74 Å². The number of thioether (sulfide) groups is 1. The lowest BCUT2D eigenvalue weighted by atomic mass is 10.1. The van der Waals surface area contributed by atoms with Crippen LogP contribution in [-0.2, 0) is 4.79 Å². The van der Waals surface area contributed by atoms with Gasteiger partial charge < -0.3 is 9.64 Å². The van der Waals surface area contributed by atoms with Crippen molar-refractivity contribution in [3.05, 3.63) is 53.1 Å². The number of halogens is 1. The minimum absolute atomic E-state index is 0.0342. The van der Waals surface area contributed by atoms with Gasteiger partial charge in [0.15, 0.2) is 0 Å². The highest BCUT2D eigenvalue weighted by molar-refractivity contribution is 9.10. The summed E-state index contributed by atoms with van der Waals surface area (Å²) >= 11 is 5.12. The van der Waals surface area contributed by atoms with E-state index in [9.17, 15) is 4.79 Å². The smallest absolute Gasteiger partial charge is 0.228 e. The molecule has 2 heterocycles. The largest absolute Gasteiger partial charge is 0.470 e. The zero-order chi connectivity index (χ0) is 16.1. The number of likely N-dealkylation sites (tertiary alicyclic amines) is 1. The molecule has 0 spiro atoms. The molecule has 2 aromatic rings. The first kappa shape index (κ1) is 16.3. The van der Waals surface area contributed by atoms with Crippen molar-refractivity contribution in [3.63, 3.8) is 0 Å². The van der Waals surface area contributed by atoms with E-state index >= 15 is 0 Å². The summed E-state index contributed by atoms with van der Waals surface area (Å²) in [5.74, 6) is 1.58. The summed E-state index contributed by atoms with van der Waals surface area (Å²) in [6.45, 7) is 1.27. The maximum absolute atomic E-state index is 12.1. The van der Waals surface area contributed by atoms with Gasteiger partial charge in [0.25, 0.3) is 0 Å². The lowest BCUT2D eigenvalue weighted by Gasteiger charge is -2.38. The predicted octanol–water partition coefficient (Wildman–Crippen LogP) is 3.62. The number of aromatic nitrogens is 1. The molecule has 0 aliphatic carbocycles. The van der Waals surface area contributed by atoms with Crippen LogP contribution in [0.15, 0.2) is 58.0 Å². The summed E-state index contributed by atoms with van der Waals surface area (Å²) in [6.07, 6.45) is 2.29. The second-order valence-corrected chi connectivity index (χ2v) is 7.26. The van der Waals surface area contributed by atoms with Gasteiger partial charge in [-0.05, 0) is 40.2 Å². The van der Waals surface area contributed by atoms with Gasteiger partial charge in [-0.2, -0.15) is 0 Å². The zero-order valence-electron chi connectivity index (χ0n) is 12.5. The summed E-state index contributed by atoms with van der Waals surface area (Å²) in [7, 11) is 0. The van der Waals surface area contributed by atoms with Crippen LogP contribution in [0, 0.1) is 0 Å². The molecule has 6 heteroatoms. The first-order chi connectivity index (χ1) is 11.2. The molecule has 1 saturated heterocycles. The first-order valence-electron chi connectivity index (χ1n) is 7.45. The summed E-state index contributed by atoms with van der Waals surface area (Å²) in [6, 6.07) is 13.9. The van der Waals surface area contributed by atoms with Crippen LogP contribution in [0.3, 0.4) is 0 Å².